The lowest BCUT2D eigenvalue weighted by atomic mass is 9.98. The lowest BCUT2D eigenvalue weighted by Crippen LogP contribution is -2.43. The van der Waals surface area contributed by atoms with Gasteiger partial charge in [-0.2, -0.15) is 0 Å². The highest BCUT2D eigenvalue weighted by molar-refractivity contribution is 9.09. The van der Waals surface area contributed by atoms with Crippen molar-refractivity contribution < 1.29 is 14.6 Å². The van der Waals surface area contributed by atoms with Crippen LogP contribution in [0.5, 0.6) is 11.5 Å². The van der Waals surface area contributed by atoms with Crippen LogP contribution in [0.3, 0.4) is 0 Å². The Morgan fingerprint density at radius 1 is 1.53 bits per heavy atom. The van der Waals surface area contributed by atoms with Crippen molar-refractivity contribution in [3.8, 4) is 11.5 Å². The van der Waals surface area contributed by atoms with Crippen molar-refractivity contribution in [3.05, 3.63) is 23.8 Å². The fourth-order valence-electron chi connectivity index (χ4n) is 2.19. The third-order valence-corrected chi connectivity index (χ3v) is 4.78. The molecule has 104 valence electrons. The smallest absolute Gasteiger partial charge is 0.257 e. The first-order chi connectivity index (χ1) is 9.02. The zero-order chi connectivity index (χ0) is 14.0. The first-order valence-electron chi connectivity index (χ1n) is 6.33. The molecule has 1 saturated heterocycles. The minimum Gasteiger partial charge on any atom is -0.507 e. The van der Waals surface area contributed by atoms with E-state index < -0.39 is 0 Å². The van der Waals surface area contributed by atoms with Crippen LogP contribution in [0.1, 0.15) is 23.7 Å². The maximum Gasteiger partial charge on any atom is 0.257 e. The van der Waals surface area contributed by atoms with E-state index >= 15 is 0 Å². The second-order valence-electron chi connectivity index (χ2n) is 4.92. The average Bonchev–Trinajstić information content (AvgIpc) is 2.41. The number of benzene rings is 1. The number of amides is 1. The van der Waals surface area contributed by atoms with E-state index in [9.17, 15) is 9.90 Å². The lowest BCUT2D eigenvalue weighted by molar-refractivity contribution is 0.0702. The van der Waals surface area contributed by atoms with Crippen molar-refractivity contribution in [1.82, 2.24) is 4.90 Å². The fraction of sp³-hybridized carbons (Fsp3) is 0.500. The van der Waals surface area contributed by atoms with Crippen LogP contribution in [0.25, 0.3) is 0 Å². The van der Waals surface area contributed by atoms with Crippen LogP contribution >= 0.6 is 15.9 Å². The number of nitrogens with zero attached hydrogens (tertiary/aromatic N) is 1. The fourth-order valence-corrected chi connectivity index (χ4v) is 2.80. The quantitative estimate of drug-likeness (QED) is 0.849. The summed E-state index contributed by atoms with van der Waals surface area (Å²) in [4.78, 5) is 14.5. The Morgan fingerprint density at radius 2 is 2.26 bits per heavy atom. The summed E-state index contributed by atoms with van der Waals surface area (Å²) in [5, 5.41) is 9.83. The number of carbonyl (C=O) groups excluding carboxylic acids is 1. The number of alkyl halides is 1. The van der Waals surface area contributed by atoms with Gasteiger partial charge in [0.1, 0.15) is 11.5 Å². The number of methoxy groups -OCH3 is 1. The number of likely N-dealkylation sites (tertiary alicyclic amines) is 1. The highest BCUT2D eigenvalue weighted by atomic mass is 79.9. The average molecular weight is 328 g/mol. The first kappa shape index (κ1) is 14.2. The molecular weight excluding hydrogens is 310 g/mol. The summed E-state index contributed by atoms with van der Waals surface area (Å²) in [5.41, 5.74) is 0.300. The molecule has 1 aliphatic heterocycles. The Morgan fingerprint density at radius 3 is 2.89 bits per heavy atom. The molecule has 2 rings (SSSR count). The number of carbonyl (C=O) groups is 1. The summed E-state index contributed by atoms with van der Waals surface area (Å²) < 4.78 is 5.09. The van der Waals surface area contributed by atoms with Gasteiger partial charge in [-0.15, -0.1) is 0 Å². The molecule has 19 heavy (non-hydrogen) atoms. The molecule has 0 aliphatic carbocycles. The second kappa shape index (κ2) is 5.82. The molecule has 1 aromatic carbocycles. The van der Waals surface area contributed by atoms with E-state index in [4.69, 9.17) is 4.74 Å². The number of aromatic hydroxyl groups is 1. The van der Waals surface area contributed by atoms with Gasteiger partial charge in [0.2, 0.25) is 0 Å². The van der Waals surface area contributed by atoms with Gasteiger partial charge in [0.15, 0.2) is 0 Å². The Bertz CT molecular complexity index is 478. The Kier molecular flexibility index (Phi) is 4.34. The van der Waals surface area contributed by atoms with Gasteiger partial charge in [0.25, 0.3) is 5.91 Å². The molecule has 0 bridgehead atoms. The number of piperidine rings is 1. The summed E-state index contributed by atoms with van der Waals surface area (Å²) >= 11 is 3.60. The molecule has 2 unspecified atom stereocenters. The Balaban J connectivity index is 2.20. The van der Waals surface area contributed by atoms with Gasteiger partial charge in [-0.1, -0.05) is 22.9 Å². The molecular formula is C14H18BrNO3. The second-order valence-corrected chi connectivity index (χ2v) is 6.09. The monoisotopic (exact) mass is 327 g/mol. The molecule has 1 aromatic rings. The van der Waals surface area contributed by atoms with Crippen molar-refractivity contribution in [2.45, 2.75) is 18.2 Å². The van der Waals surface area contributed by atoms with Crippen LogP contribution in [0.15, 0.2) is 18.2 Å². The number of rotatable bonds is 2. The molecule has 0 radical (unpaired) electrons. The van der Waals surface area contributed by atoms with Gasteiger partial charge in [-0.3, -0.25) is 4.79 Å². The van der Waals surface area contributed by atoms with Crippen molar-refractivity contribution in [3.63, 3.8) is 0 Å². The van der Waals surface area contributed by atoms with Crippen molar-refractivity contribution in [2.75, 3.05) is 20.2 Å². The van der Waals surface area contributed by atoms with Crippen molar-refractivity contribution in [1.29, 1.82) is 0 Å². The Labute approximate surface area is 121 Å². The molecule has 1 amide bonds. The summed E-state index contributed by atoms with van der Waals surface area (Å²) in [6.07, 6.45) is 0.965. The first-order valence-corrected chi connectivity index (χ1v) is 7.25. The maximum absolute atomic E-state index is 12.4. The van der Waals surface area contributed by atoms with Gasteiger partial charge in [0.05, 0.1) is 12.7 Å². The summed E-state index contributed by atoms with van der Waals surface area (Å²) in [6.45, 7) is 3.56. The molecule has 1 N–H and O–H groups in total. The molecule has 1 heterocycles. The molecule has 4 nitrogen and oxygen atoms in total. The predicted molar refractivity (Wildman–Crippen MR) is 77.1 cm³/mol. The van der Waals surface area contributed by atoms with Gasteiger partial charge in [0, 0.05) is 17.9 Å². The summed E-state index contributed by atoms with van der Waals surface area (Å²) in [7, 11) is 1.54. The number of hydrogen-bond acceptors (Lipinski definition) is 3. The van der Waals surface area contributed by atoms with Crippen LogP contribution in [-0.2, 0) is 0 Å². The third-order valence-electron chi connectivity index (χ3n) is 3.59. The normalized spacial score (nSPS) is 23.2. The predicted octanol–water partition coefficient (Wildman–Crippen LogP) is 2.65. The number of phenolic OH excluding ortho intramolecular Hbond substituents is 1. The van der Waals surface area contributed by atoms with Gasteiger partial charge >= 0.3 is 0 Å². The highest BCUT2D eigenvalue weighted by Gasteiger charge is 2.28. The topological polar surface area (TPSA) is 49.8 Å². The van der Waals surface area contributed by atoms with Crippen molar-refractivity contribution in [2.24, 2.45) is 5.92 Å². The molecule has 1 aliphatic rings. The number of halogens is 1. The lowest BCUT2D eigenvalue weighted by Gasteiger charge is -2.34. The van der Waals surface area contributed by atoms with Crippen LogP contribution in [-0.4, -0.2) is 40.9 Å². The molecule has 0 saturated carbocycles. The largest absolute Gasteiger partial charge is 0.507 e. The third kappa shape index (κ3) is 3.03. The molecule has 5 heteroatoms. The van der Waals surface area contributed by atoms with E-state index in [1.54, 1.807) is 17.0 Å². The minimum absolute atomic E-state index is 0.00413. The van der Waals surface area contributed by atoms with E-state index in [1.165, 1.54) is 13.2 Å². The maximum atomic E-state index is 12.4. The van der Waals surface area contributed by atoms with E-state index in [2.05, 4.69) is 22.9 Å². The van der Waals surface area contributed by atoms with Gasteiger partial charge < -0.3 is 14.7 Å². The number of ether oxygens (including phenoxy) is 1. The van der Waals surface area contributed by atoms with E-state index in [1.807, 2.05) is 0 Å². The van der Waals surface area contributed by atoms with Gasteiger partial charge in [-0.05, 0) is 30.5 Å². The Hall–Kier alpha value is -1.23. The number of phenols is 1. The molecule has 0 aromatic heterocycles. The van der Waals surface area contributed by atoms with E-state index in [-0.39, 0.29) is 11.7 Å². The zero-order valence-corrected chi connectivity index (χ0v) is 12.7. The zero-order valence-electron chi connectivity index (χ0n) is 11.1. The van der Waals surface area contributed by atoms with Crippen LogP contribution in [0, 0.1) is 5.92 Å². The summed E-state index contributed by atoms with van der Waals surface area (Å²) in [5.74, 6) is 0.980. The number of hydrogen-bond donors (Lipinski definition) is 1. The molecule has 2 atom stereocenters. The van der Waals surface area contributed by atoms with Crippen LogP contribution in [0.4, 0.5) is 0 Å². The minimum atomic E-state index is -0.146. The highest BCUT2D eigenvalue weighted by Crippen LogP contribution is 2.28. The SMILES string of the molecule is COc1ccc(O)c(C(=O)N2CCC(C)C(Br)C2)c1. The summed E-state index contributed by atoms with van der Waals surface area (Å²) in [6, 6.07) is 4.71. The van der Waals surface area contributed by atoms with Crippen molar-refractivity contribution >= 4 is 21.8 Å². The van der Waals surface area contributed by atoms with Gasteiger partial charge in [-0.25, -0.2) is 0 Å². The van der Waals surface area contributed by atoms with E-state index in [0.29, 0.717) is 28.6 Å². The standard InChI is InChI=1S/C14H18BrNO3/c1-9-5-6-16(8-12(9)15)14(18)11-7-10(19-2)3-4-13(11)17/h3-4,7,9,12,17H,5-6,8H2,1-2H3. The van der Waals surface area contributed by atoms with Crippen LogP contribution in [0.2, 0.25) is 0 Å². The van der Waals surface area contributed by atoms with Crippen LogP contribution < -0.4 is 4.74 Å². The van der Waals surface area contributed by atoms with E-state index in [0.717, 1.165) is 13.0 Å². The molecule has 1 fully saturated rings. The molecule has 0 spiro atoms.